The number of aryl methyl sites for hydroxylation is 1. The van der Waals surface area contributed by atoms with E-state index in [1.54, 1.807) is 19.1 Å². The minimum atomic E-state index is -5.24. The number of ether oxygens (including phenoxy) is 1. The molecule has 0 bridgehead atoms. The van der Waals surface area contributed by atoms with Gasteiger partial charge in [-0.2, -0.15) is 26.3 Å². The Morgan fingerprint density at radius 3 is 2.12 bits per heavy atom. The average molecular weight is 484 g/mol. The van der Waals surface area contributed by atoms with Crippen LogP contribution in [-0.4, -0.2) is 18.4 Å². The smallest absolute Gasteiger partial charge is 0.425 e. The summed E-state index contributed by atoms with van der Waals surface area (Å²) in [6, 6.07) is 4.70. The van der Waals surface area contributed by atoms with E-state index in [1.807, 2.05) is 13.8 Å². The molecule has 2 nitrogen and oxygen atoms in total. The van der Waals surface area contributed by atoms with Crippen LogP contribution in [0.3, 0.4) is 0 Å². The van der Waals surface area contributed by atoms with Crippen LogP contribution in [0.15, 0.2) is 59.9 Å². The third-order valence-electron chi connectivity index (χ3n) is 5.35. The van der Waals surface area contributed by atoms with E-state index in [1.165, 1.54) is 6.07 Å². The Bertz CT molecular complexity index is 1090. The fourth-order valence-corrected chi connectivity index (χ4v) is 3.48. The molecule has 0 saturated heterocycles. The molecule has 0 spiro atoms. The zero-order valence-electron chi connectivity index (χ0n) is 19.2. The van der Waals surface area contributed by atoms with Gasteiger partial charge in [-0.3, -0.25) is 0 Å². The zero-order chi connectivity index (χ0) is 25.7. The lowest BCUT2D eigenvalue weighted by Gasteiger charge is -2.33. The molecular weight excluding hydrogens is 458 g/mol. The van der Waals surface area contributed by atoms with Gasteiger partial charge in [-0.05, 0) is 79.8 Å². The average Bonchev–Trinajstić information content (AvgIpc) is 2.75. The molecule has 8 heteroatoms. The first-order valence-electron chi connectivity index (χ1n) is 10.5. The highest BCUT2D eigenvalue weighted by molar-refractivity contribution is 5.60. The third kappa shape index (κ3) is 5.93. The molecule has 0 radical (unpaired) electrons. The predicted molar refractivity (Wildman–Crippen MR) is 119 cm³/mol. The second kappa shape index (κ2) is 10.5. The van der Waals surface area contributed by atoms with Crippen LogP contribution in [0.25, 0.3) is 6.08 Å². The highest BCUT2D eigenvalue weighted by Crippen LogP contribution is 2.48. The first kappa shape index (κ1) is 27.3. The quantitative estimate of drug-likeness (QED) is 0.248. The largest absolute Gasteiger partial charge is 0.496 e. The van der Waals surface area contributed by atoms with Crippen molar-refractivity contribution in [2.45, 2.75) is 51.6 Å². The van der Waals surface area contributed by atoms with Gasteiger partial charge in [0.05, 0.1) is 12.7 Å². The molecule has 1 N–H and O–H groups in total. The third-order valence-corrected chi connectivity index (χ3v) is 5.35. The first-order chi connectivity index (χ1) is 15.8. The minimum absolute atomic E-state index is 0.263. The molecule has 184 valence electrons. The highest BCUT2D eigenvalue weighted by atomic mass is 19.4. The van der Waals surface area contributed by atoms with E-state index in [0.29, 0.717) is 41.8 Å². The van der Waals surface area contributed by atoms with Gasteiger partial charge in [-0.25, -0.2) is 0 Å². The minimum Gasteiger partial charge on any atom is -0.496 e. The van der Waals surface area contributed by atoms with Crippen molar-refractivity contribution in [3.63, 3.8) is 0 Å². The number of allylic oxidation sites excluding steroid dienone is 3. The zero-order valence-corrected chi connectivity index (χ0v) is 19.2. The van der Waals surface area contributed by atoms with E-state index >= 15 is 0 Å². The van der Waals surface area contributed by atoms with Crippen LogP contribution in [0.4, 0.5) is 26.3 Å². The van der Waals surface area contributed by atoms with E-state index in [0.717, 1.165) is 25.2 Å². The molecule has 2 rings (SSSR count). The Morgan fingerprint density at radius 2 is 1.62 bits per heavy atom. The van der Waals surface area contributed by atoms with Crippen molar-refractivity contribution < 1.29 is 36.2 Å². The van der Waals surface area contributed by atoms with Gasteiger partial charge in [0.1, 0.15) is 5.75 Å². The Morgan fingerprint density at radius 1 is 1.03 bits per heavy atom. The lowest BCUT2D eigenvalue weighted by atomic mass is 9.83. The van der Waals surface area contributed by atoms with Crippen molar-refractivity contribution in [2.24, 2.45) is 0 Å². The van der Waals surface area contributed by atoms with Gasteiger partial charge < -0.3 is 9.84 Å². The number of alkyl halides is 6. The SMILES string of the molecule is CC/C=C(\C)CC=C=Cc1cc(OC)c(C(O)(c2ccc(C(F)(F)F)cc2)C(F)(F)F)cc1C. The van der Waals surface area contributed by atoms with Crippen LogP contribution in [-0.2, 0) is 11.8 Å². The van der Waals surface area contributed by atoms with Gasteiger partial charge in [-0.15, -0.1) is 5.73 Å². The van der Waals surface area contributed by atoms with Gasteiger partial charge >= 0.3 is 12.4 Å². The maximum Gasteiger partial charge on any atom is 0.425 e. The molecule has 2 aromatic carbocycles. The number of hydrogen-bond donors (Lipinski definition) is 1. The van der Waals surface area contributed by atoms with Gasteiger partial charge in [0.2, 0.25) is 5.60 Å². The van der Waals surface area contributed by atoms with E-state index in [-0.39, 0.29) is 5.75 Å². The fourth-order valence-electron chi connectivity index (χ4n) is 3.48. The Hall–Kier alpha value is -2.96. The molecular formula is C26H26F6O2. The maximum absolute atomic E-state index is 14.2. The molecule has 0 fully saturated rings. The van der Waals surface area contributed by atoms with Crippen LogP contribution in [0, 0.1) is 6.92 Å². The van der Waals surface area contributed by atoms with Gasteiger partial charge in [0, 0.05) is 5.56 Å². The van der Waals surface area contributed by atoms with Crippen LogP contribution >= 0.6 is 0 Å². The van der Waals surface area contributed by atoms with E-state index < -0.39 is 34.6 Å². The number of hydrogen-bond acceptors (Lipinski definition) is 2. The van der Waals surface area contributed by atoms with E-state index in [9.17, 15) is 31.4 Å². The molecule has 0 aliphatic carbocycles. The molecule has 1 unspecified atom stereocenters. The van der Waals surface area contributed by atoms with Crippen LogP contribution in [0.2, 0.25) is 0 Å². The second-order valence-corrected chi connectivity index (χ2v) is 7.87. The lowest BCUT2D eigenvalue weighted by molar-refractivity contribution is -0.248. The number of halogens is 6. The summed E-state index contributed by atoms with van der Waals surface area (Å²) in [4.78, 5) is 0. The molecule has 0 aromatic heterocycles. The predicted octanol–water partition coefficient (Wildman–Crippen LogP) is 7.74. The Labute approximate surface area is 194 Å². The summed E-state index contributed by atoms with van der Waals surface area (Å²) in [6.07, 6.45) is -2.95. The lowest BCUT2D eigenvalue weighted by Crippen LogP contribution is -2.43. The number of benzene rings is 2. The van der Waals surface area contributed by atoms with Crippen molar-refractivity contribution in [1.29, 1.82) is 0 Å². The van der Waals surface area contributed by atoms with Gasteiger partial charge in [-0.1, -0.05) is 30.7 Å². The van der Waals surface area contributed by atoms with Crippen molar-refractivity contribution in [3.8, 4) is 5.75 Å². The maximum atomic E-state index is 14.2. The summed E-state index contributed by atoms with van der Waals surface area (Å²) in [5.41, 5.74) is -1.04. The summed E-state index contributed by atoms with van der Waals surface area (Å²) in [7, 11) is 1.15. The van der Waals surface area contributed by atoms with Crippen molar-refractivity contribution in [2.75, 3.05) is 7.11 Å². The van der Waals surface area contributed by atoms with Crippen molar-refractivity contribution in [3.05, 3.63) is 87.7 Å². The number of methoxy groups -OCH3 is 1. The molecule has 0 amide bonds. The van der Waals surface area contributed by atoms with E-state index in [4.69, 9.17) is 4.74 Å². The summed E-state index contributed by atoms with van der Waals surface area (Å²) < 4.78 is 86.4. The van der Waals surface area contributed by atoms with Crippen molar-refractivity contribution in [1.82, 2.24) is 0 Å². The molecule has 0 aliphatic heterocycles. The topological polar surface area (TPSA) is 29.5 Å². The number of aliphatic hydroxyl groups is 1. The molecule has 34 heavy (non-hydrogen) atoms. The second-order valence-electron chi connectivity index (χ2n) is 7.87. The van der Waals surface area contributed by atoms with Crippen LogP contribution < -0.4 is 4.74 Å². The molecule has 0 saturated carbocycles. The first-order valence-corrected chi connectivity index (χ1v) is 10.5. The van der Waals surface area contributed by atoms with Crippen LogP contribution in [0.5, 0.6) is 5.75 Å². The van der Waals surface area contributed by atoms with E-state index in [2.05, 4.69) is 11.8 Å². The fraction of sp³-hybridized carbons (Fsp3) is 0.346. The molecule has 1 atom stereocenters. The van der Waals surface area contributed by atoms with Crippen LogP contribution in [0.1, 0.15) is 54.5 Å². The standard InChI is InChI=1S/C26H26F6O2/c1-5-8-17(2)9-6-7-10-19-16-23(34-4)22(15-18(19)3)24(33,26(30,31)32)20-11-13-21(14-12-20)25(27,28)29/h6,8,10-16,33H,5,9H2,1-4H3/b17-8+. The normalized spacial score (nSPS) is 14.3. The monoisotopic (exact) mass is 484 g/mol. The number of rotatable bonds is 7. The molecule has 2 aromatic rings. The summed E-state index contributed by atoms with van der Waals surface area (Å²) in [5, 5.41) is 10.9. The van der Waals surface area contributed by atoms with Crippen molar-refractivity contribution >= 4 is 6.08 Å². The summed E-state index contributed by atoms with van der Waals surface area (Å²) >= 11 is 0. The Balaban J connectivity index is 2.60. The Kier molecular flexibility index (Phi) is 8.45. The molecule has 0 aliphatic rings. The van der Waals surface area contributed by atoms with Gasteiger partial charge in [0.15, 0.2) is 0 Å². The van der Waals surface area contributed by atoms with Gasteiger partial charge in [0.25, 0.3) is 0 Å². The summed E-state index contributed by atoms with van der Waals surface area (Å²) in [5.74, 6) is -0.263. The highest BCUT2D eigenvalue weighted by Gasteiger charge is 2.57. The summed E-state index contributed by atoms with van der Waals surface area (Å²) in [6.45, 7) is 5.55. The molecule has 0 heterocycles.